The molecule has 1 atom stereocenters. The van der Waals surface area contributed by atoms with Crippen LogP contribution in [0.5, 0.6) is 5.75 Å². The van der Waals surface area contributed by atoms with Crippen LogP contribution in [-0.4, -0.2) is 39.1 Å². The molecule has 0 spiro atoms. The molecule has 0 N–H and O–H groups in total. The van der Waals surface area contributed by atoms with Crippen molar-refractivity contribution < 1.29 is 18.3 Å². The summed E-state index contributed by atoms with van der Waals surface area (Å²) in [6.45, 7) is 0.439. The zero-order chi connectivity index (χ0) is 21.2. The molecule has 156 valence electrons. The van der Waals surface area contributed by atoms with E-state index in [1.54, 1.807) is 11.1 Å². The van der Waals surface area contributed by atoms with Gasteiger partial charge in [-0.3, -0.25) is 9.78 Å². The number of halogens is 1. The van der Waals surface area contributed by atoms with Crippen LogP contribution in [0.1, 0.15) is 24.8 Å². The summed E-state index contributed by atoms with van der Waals surface area (Å²) in [5.41, 5.74) is 0.618. The summed E-state index contributed by atoms with van der Waals surface area (Å²) >= 11 is 0. The summed E-state index contributed by atoms with van der Waals surface area (Å²) in [5.74, 6) is 0.611. The molecule has 1 aliphatic heterocycles. The van der Waals surface area contributed by atoms with E-state index in [0.29, 0.717) is 29.8 Å². The van der Waals surface area contributed by atoms with Gasteiger partial charge in [-0.25, -0.2) is 4.39 Å². The van der Waals surface area contributed by atoms with Crippen LogP contribution in [0.15, 0.2) is 65.2 Å². The van der Waals surface area contributed by atoms with Gasteiger partial charge >= 0.3 is 0 Å². The van der Waals surface area contributed by atoms with Crippen molar-refractivity contribution in [2.75, 3.05) is 13.2 Å². The Hall–Kier alpha value is -3.81. The molecular formula is C23H19FN4O3. The molecule has 4 aromatic rings. The van der Waals surface area contributed by atoms with Gasteiger partial charge in [0, 0.05) is 18.1 Å². The number of aromatic nitrogens is 3. The maximum Gasteiger partial charge on any atom is 0.267 e. The minimum Gasteiger partial charge on any atom is -0.484 e. The van der Waals surface area contributed by atoms with E-state index in [-0.39, 0.29) is 24.4 Å². The number of nitrogens with zero attached hydrogens (tertiary/aromatic N) is 4. The molecule has 0 bridgehead atoms. The molecule has 3 heterocycles. The number of likely N-dealkylation sites (tertiary alicyclic amines) is 1. The maximum atomic E-state index is 13.0. The van der Waals surface area contributed by atoms with Crippen LogP contribution in [0.4, 0.5) is 4.39 Å². The van der Waals surface area contributed by atoms with Crippen LogP contribution in [-0.2, 0) is 4.79 Å². The van der Waals surface area contributed by atoms with Crippen LogP contribution >= 0.6 is 0 Å². The summed E-state index contributed by atoms with van der Waals surface area (Å²) in [7, 11) is 0. The molecule has 8 heteroatoms. The van der Waals surface area contributed by atoms with Crippen LogP contribution in [0, 0.1) is 5.82 Å². The molecule has 1 fully saturated rings. The second-order valence-corrected chi connectivity index (χ2v) is 7.31. The van der Waals surface area contributed by atoms with E-state index < -0.39 is 0 Å². The Balaban J connectivity index is 1.33. The fourth-order valence-corrected chi connectivity index (χ4v) is 3.84. The number of pyridine rings is 1. The number of ether oxygens (including phenoxy) is 1. The summed E-state index contributed by atoms with van der Waals surface area (Å²) < 4.78 is 24.5. The van der Waals surface area contributed by atoms with Crippen molar-refractivity contribution in [2.45, 2.75) is 18.9 Å². The molecule has 31 heavy (non-hydrogen) atoms. The summed E-state index contributed by atoms with van der Waals surface area (Å²) in [6.07, 6.45) is 3.27. The third kappa shape index (κ3) is 3.84. The Morgan fingerprint density at radius 2 is 1.97 bits per heavy atom. The smallest absolute Gasteiger partial charge is 0.267 e. The average Bonchev–Trinajstić information content (AvgIpc) is 3.48. The first kappa shape index (κ1) is 19.2. The van der Waals surface area contributed by atoms with Gasteiger partial charge in [0.25, 0.3) is 11.8 Å². The molecule has 0 saturated carbocycles. The highest BCUT2D eigenvalue weighted by Gasteiger charge is 2.34. The molecule has 1 amide bonds. The number of carbonyl (C=O) groups is 1. The van der Waals surface area contributed by atoms with Crippen LogP contribution < -0.4 is 4.74 Å². The number of fused-ring (bicyclic) bond motifs is 1. The minimum absolute atomic E-state index is 0.145. The summed E-state index contributed by atoms with van der Waals surface area (Å²) in [5, 5.41) is 10.4. The van der Waals surface area contributed by atoms with E-state index in [2.05, 4.69) is 15.2 Å². The van der Waals surface area contributed by atoms with Crippen LogP contribution in [0.3, 0.4) is 0 Å². The third-order valence-electron chi connectivity index (χ3n) is 5.35. The van der Waals surface area contributed by atoms with E-state index in [9.17, 15) is 9.18 Å². The summed E-state index contributed by atoms with van der Waals surface area (Å²) in [6, 6.07) is 15.0. The van der Waals surface area contributed by atoms with Crippen molar-refractivity contribution in [1.29, 1.82) is 0 Å². The molecule has 2 aromatic carbocycles. The second-order valence-electron chi connectivity index (χ2n) is 7.31. The predicted octanol–water partition coefficient (Wildman–Crippen LogP) is 4.17. The van der Waals surface area contributed by atoms with Crippen LogP contribution in [0.25, 0.3) is 22.4 Å². The zero-order valence-electron chi connectivity index (χ0n) is 16.6. The molecule has 0 radical (unpaired) electrons. The lowest BCUT2D eigenvalue weighted by atomic mass is 10.1. The van der Waals surface area contributed by atoms with E-state index >= 15 is 0 Å². The normalized spacial score (nSPS) is 16.0. The summed E-state index contributed by atoms with van der Waals surface area (Å²) in [4.78, 5) is 18.9. The van der Waals surface area contributed by atoms with Crippen molar-refractivity contribution in [2.24, 2.45) is 0 Å². The van der Waals surface area contributed by atoms with Gasteiger partial charge in [-0.15, -0.1) is 10.2 Å². The van der Waals surface area contributed by atoms with Gasteiger partial charge < -0.3 is 14.1 Å². The number of amides is 1. The van der Waals surface area contributed by atoms with Crippen molar-refractivity contribution in [3.63, 3.8) is 0 Å². The Labute approximate surface area is 177 Å². The lowest BCUT2D eigenvalue weighted by molar-refractivity contribution is -0.134. The standard InChI is InChI=1S/C23H19FN4O3/c24-16-7-9-17(10-8-16)30-14-20(29)28-13-3-6-19(28)22-26-27-23(31-22)21-18-5-2-1-4-15(18)11-12-25-21/h1-2,4-5,7-12,19H,3,6,13-14H2/t19-/m0/s1. The first-order chi connectivity index (χ1) is 15.2. The van der Waals surface area contributed by atoms with Gasteiger partial charge in [0.15, 0.2) is 6.61 Å². The van der Waals surface area contributed by atoms with E-state index in [4.69, 9.17) is 9.15 Å². The largest absolute Gasteiger partial charge is 0.484 e. The lowest BCUT2D eigenvalue weighted by Crippen LogP contribution is -2.34. The first-order valence-corrected chi connectivity index (χ1v) is 10.0. The van der Waals surface area contributed by atoms with Gasteiger partial charge in [0.2, 0.25) is 5.89 Å². The monoisotopic (exact) mass is 418 g/mol. The SMILES string of the molecule is O=C(COc1ccc(F)cc1)N1CCC[C@H]1c1nnc(-c2nccc3ccccc23)o1. The van der Waals surface area contributed by atoms with Crippen molar-refractivity contribution in [3.05, 3.63) is 72.5 Å². The topological polar surface area (TPSA) is 81.4 Å². The molecule has 0 unspecified atom stereocenters. The second kappa shape index (κ2) is 8.14. The van der Waals surface area contributed by atoms with Gasteiger partial charge in [-0.2, -0.15) is 0 Å². The maximum absolute atomic E-state index is 13.0. The highest BCUT2D eigenvalue weighted by Crippen LogP contribution is 2.33. The molecule has 7 nitrogen and oxygen atoms in total. The Bertz CT molecular complexity index is 1220. The molecule has 0 aliphatic carbocycles. The Morgan fingerprint density at radius 1 is 1.13 bits per heavy atom. The quantitative estimate of drug-likeness (QED) is 0.484. The van der Waals surface area contributed by atoms with Gasteiger partial charge in [-0.05, 0) is 48.6 Å². The number of benzene rings is 2. The van der Waals surface area contributed by atoms with Gasteiger partial charge in [0.1, 0.15) is 23.3 Å². The molecule has 2 aromatic heterocycles. The van der Waals surface area contributed by atoms with Crippen molar-refractivity contribution >= 4 is 16.7 Å². The number of hydrogen-bond acceptors (Lipinski definition) is 6. The highest BCUT2D eigenvalue weighted by atomic mass is 19.1. The third-order valence-corrected chi connectivity index (χ3v) is 5.35. The Morgan fingerprint density at radius 3 is 2.84 bits per heavy atom. The predicted molar refractivity (Wildman–Crippen MR) is 111 cm³/mol. The fraction of sp³-hybridized carbons (Fsp3) is 0.217. The van der Waals surface area contributed by atoms with E-state index in [1.807, 2.05) is 30.3 Å². The van der Waals surface area contributed by atoms with Crippen molar-refractivity contribution in [3.8, 4) is 17.3 Å². The highest BCUT2D eigenvalue weighted by molar-refractivity contribution is 5.92. The molecule has 1 aliphatic rings. The molecule has 1 saturated heterocycles. The van der Waals surface area contributed by atoms with Crippen molar-refractivity contribution in [1.82, 2.24) is 20.1 Å². The van der Waals surface area contributed by atoms with Crippen LogP contribution in [0.2, 0.25) is 0 Å². The molecule has 5 rings (SSSR count). The number of hydrogen-bond donors (Lipinski definition) is 0. The lowest BCUT2D eigenvalue weighted by Gasteiger charge is -2.22. The number of carbonyl (C=O) groups excluding carboxylic acids is 1. The molecular weight excluding hydrogens is 399 g/mol. The van der Waals surface area contributed by atoms with Gasteiger partial charge in [-0.1, -0.05) is 24.3 Å². The average molecular weight is 418 g/mol. The number of rotatable bonds is 5. The Kier molecular flexibility index (Phi) is 5.03. The minimum atomic E-state index is -0.355. The van der Waals surface area contributed by atoms with E-state index in [0.717, 1.165) is 23.6 Å². The zero-order valence-corrected chi connectivity index (χ0v) is 16.6. The fourth-order valence-electron chi connectivity index (χ4n) is 3.84. The first-order valence-electron chi connectivity index (χ1n) is 10.0. The van der Waals surface area contributed by atoms with E-state index in [1.165, 1.54) is 24.3 Å². The van der Waals surface area contributed by atoms with Gasteiger partial charge in [0.05, 0.1) is 0 Å².